The summed E-state index contributed by atoms with van der Waals surface area (Å²) >= 11 is 0. The highest BCUT2D eigenvalue weighted by Gasteiger charge is 2.19. The number of anilines is 1. The van der Waals surface area contributed by atoms with E-state index in [1.54, 1.807) is 0 Å². The number of hydrogen-bond donors (Lipinski definition) is 1. The van der Waals surface area contributed by atoms with Crippen LogP contribution in [-0.2, 0) is 11.2 Å². The molecule has 1 aliphatic rings. The first-order chi connectivity index (χ1) is 13.2. The Bertz CT molecular complexity index is 711. The van der Waals surface area contributed by atoms with Crippen LogP contribution in [0.2, 0.25) is 0 Å². The van der Waals surface area contributed by atoms with Crippen molar-refractivity contribution >= 4 is 11.6 Å². The fraction of sp³-hybridized carbons (Fsp3) is 0.435. The molecule has 0 radical (unpaired) electrons. The van der Waals surface area contributed by atoms with Gasteiger partial charge in [-0.05, 0) is 37.6 Å². The van der Waals surface area contributed by atoms with Crippen LogP contribution >= 0.6 is 0 Å². The molecule has 0 spiro atoms. The van der Waals surface area contributed by atoms with Crippen LogP contribution in [0.1, 0.15) is 37.7 Å². The molecule has 0 unspecified atom stereocenters. The van der Waals surface area contributed by atoms with Crippen LogP contribution in [0.4, 0.5) is 5.69 Å². The number of hydrogen-bond acceptors (Lipinski definition) is 3. The van der Waals surface area contributed by atoms with Gasteiger partial charge in [-0.25, -0.2) is 0 Å². The van der Waals surface area contributed by atoms with E-state index in [4.69, 9.17) is 4.74 Å². The zero-order valence-electron chi connectivity index (χ0n) is 16.2. The number of likely N-dealkylation sites (N-methyl/N-ethyl adjacent to an activating group) is 1. The Hall–Kier alpha value is -2.33. The minimum Gasteiger partial charge on any atom is -0.493 e. The minimum absolute atomic E-state index is 0.0320. The molecule has 0 atom stereocenters. The minimum atomic E-state index is 0.0320. The maximum absolute atomic E-state index is 12.4. The second-order valence-corrected chi connectivity index (χ2v) is 7.37. The maximum Gasteiger partial charge on any atom is 0.238 e. The average Bonchev–Trinajstić information content (AvgIpc) is 2.70. The quantitative estimate of drug-likeness (QED) is 0.747. The number of amides is 1. The first-order valence-corrected chi connectivity index (χ1v) is 9.97. The van der Waals surface area contributed by atoms with Gasteiger partial charge in [0.1, 0.15) is 5.75 Å². The van der Waals surface area contributed by atoms with E-state index in [0.29, 0.717) is 19.2 Å². The highest BCUT2D eigenvalue weighted by atomic mass is 16.5. The molecule has 144 valence electrons. The summed E-state index contributed by atoms with van der Waals surface area (Å²) in [7, 11) is 2.05. The molecule has 0 aromatic heterocycles. The number of rotatable bonds is 8. The summed E-state index contributed by atoms with van der Waals surface area (Å²) in [6.45, 7) is 1.05. The summed E-state index contributed by atoms with van der Waals surface area (Å²) in [6.07, 6.45) is 7.15. The Labute approximate surface area is 162 Å². The van der Waals surface area contributed by atoms with Gasteiger partial charge in [0.15, 0.2) is 0 Å². The van der Waals surface area contributed by atoms with E-state index in [-0.39, 0.29) is 5.91 Å². The van der Waals surface area contributed by atoms with E-state index in [1.807, 2.05) is 42.5 Å². The lowest BCUT2D eigenvalue weighted by molar-refractivity contribution is -0.117. The van der Waals surface area contributed by atoms with Crippen LogP contribution in [0.15, 0.2) is 54.6 Å². The van der Waals surface area contributed by atoms with Gasteiger partial charge in [0.2, 0.25) is 5.91 Å². The van der Waals surface area contributed by atoms with Gasteiger partial charge >= 0.3 is 0 Å². The molecule has 4 heteroatoms. The Morgan fingerprint density at radius 2 is 1.85 bits per heavy atom. The lowest BCUT2D eigenvalue weighted by Gasteiger charge is -2.30. The van der Waals surface area contributed by atoms with Crippen LogP contribution in [0.5, 0.6) is 5.75 Å². The van der Waals surface area contributed by atoms with Crippen molar-refractivity contribution in [3.63, 3.8) is 0 Å². The summed E-state index contributed by atoms with van der Waals surface area (Å²) in [5, 5.41) is 3.00. The van der Waals surface area contributed by atoms with Crippen molar-refractivity contribution in [1.29, 1.82) is 0 Å². The van der Waals surface area contributed by atoms with E-state index in [1.165, 1.54) is 37.7 Å². The SMILES string of the molecule is CN(CC(=O)Nc1cccc(OCCc2ccccc2)c1)C1CCCCC1. The van der Waals surface area contributed by atoms with E-state index in [2.05, 4.69) is 29.4 Å². The van der Waals surface area contributed by atoms with E-state index < -0.39 is 0 Å². The van der Waals surface area contributed by atoms with Gasteiger partial charge < -0.3 is 10.1 Å². The predicted molar refractivity (Wildman–Crippen MR) is 110 cm³/mol. The molecule has 1 N–H and O–H groups in total. The number of carbonyl (C=O) groups is 1. The maximum atomic E-state index is 12.4. The molecule has 1 aliphatic carbocycles. The Morgan fingerprint density at radius 3 is 2.63 bits per heavy atom. The van der Waals surface area contributed by atoms with Crippen LogP contribution in [0.25, 0.3) is 0 Å². The average molecular weight is 367 g/mol. The lowest BCUT2D eigenvalue weighted by atomic mass is 9.94. The Kier molecular flexibility index (Phi) is 7.28. The molecular weight excluding hydrogens is 336 g/mol. The molecule has 3 rings (SSSR count). The number of benzene rings is 2. The first kappa shape index (κ1) is 19.4. The predicted octanol–water partition coefficient (Wildman–Crippen LogP) is 4.51. The molecule has 1 amide bonds. The molecule has 2 aromatic rings. The smallest absolute Gasteiger partial charge is 0.238 e. The van der Waals surface area contributed by atoms with E-state index in [9.17, 15) is 4.79 Å². The fourth-order valence-corrected chi connectivity index (χ4v) is 3.67. The number of carbonyl (C=O) groups excluding carboxylic acids is 1. The molecule has 0 bridgehead atoms. The second kappa shape index (κ2) is 10.1. The normalized spacial score (nSPS) is 14.9. The molecule has 1 fully saturated rings. The van der Waals surface area contributed by atoms with Crippen molar-refractivity contribution in [1.82, 2.24) is 4.90 Å². The molecule has 27 heavy (non-hydrogen) atoms. The van der Waals surface area contributed by atoms with Gasteiger partial charge in [-0.2, -0.15) is 0 Å². The summed E-state index contributed by atoms with van der Waals surface area (Å²) in [5.41, 5.74) is 2.04. The third-order valence-corrected chi connectivity index (χ3v) is 5.21. The number of nitrogens with one attached hydrogen (secondary N) is 1. The van der Waals surface area contributed by atoms with Crippen LogP contribution in [0.3, 0.4) is 0 Å². The van der Waals surface area contributed by atoms with Crippen molar-refractivity contribution < 1.29 is 9.53 Å². The van der Waals surface area contributed by atoms with Crippen LogP contribution in [0, 0.1) is 0 Å². The van der Waals surface area contributed by atoms with Gasteiger partial charge in [0, 0.05) is 24.2 Å². The topological polar surface area (TPSA) is 41.6 Å². The van der Waals surface area contributed by atoms with Crippen molar-refractivity contribution in [2.75, 3.05) is 25.5 Å². The van der Waals surface area contributed by atoms with Gasteiger partial charge in [-0.3, -0.25) is 9.69 Å². The van der Waals surface area contributed by atoms with Crippen molar-refractivity contribution in [2.45, 2.75) is 44.6 Å². The fourth-order valence-electron chi connectivity index (χ4n) is 3.67. The van der Waals surface area contributed by atoms with Gasteiger partial charge in [0.05, 0.1) is 13.2 Å². The Balaban J connectivity index is 1.45. The summed E-state index contributed by atoms with van der Waals surface area (Å²) in [5.74, 6) is 0.814. The highest BCUT2D eigenvalue weighted by Crippen LogP contribution is 2.22. The highest BCUT2D eigenvalue weighted by molar-refractivity contribution is 5.92. The molecular formula is C23H30N2O2. The zero-order valence-corrected chi connectivity index (χ0v) is 16.2. The summed E-state index contributed by atoms with van der Waals surface area (Å²) < 4.78 is 5.85. The molecule has 0 heterocycles. The van der Waals surface area contributed by atoms with Crippen molar-refractivity contribution in [3.8, 4) is 5.75 Å². The first-order valence-electron chi connectivity index (χ1n) is 9.97. The van der Waals surface area contributed by atoms with Crippen LogP contribution in [-0.4, -0.2) is 37.0 Å². The van der Waals surface area contributed by atoms with Gasteiger partial charge in [-0.1, -0.05) is 55.7 Å². The molecule has 4 nitrogen and oxygen atoms in total. The number of nitrogens with zero attached hydrogens (tertiary/aromatic N) is 1. The molecule has 0 saturated heterocycles. The van der Waals surface area contributed by atoms with Gasteiger partial charge in [-0.15, -0.1) is 0 Å². The van der Waals surface area contributed by atoms with Crippen LogP contribution < -0.4 is 10.1 Å². The second-order valence-electron chi connectivity index (χ2n) is 7.37. The largest absolute Gasteiger partial charge is 0.493 e. The van der Waals surface area contributed by atoms with E-state index in [0.717, 1.165) is 17.9 Å². The van der Waals surface area contributed by atoms with Crippen molar-refractivity contribution in [2.24, 2.45) is 0 Å². The van der Waals surface area contributed by atoms with Crippen molar-refractivity contribution in [3.05, 3.63) is 60.2 Å². The molecule has 2 aromatic carbocycles. The third-order valence-electron chi connectivity index (χ3n) is 5.21. The third kappa shape index (κ3) is 6.40. The lowest BCUT2D eigenvalue weighted by Crippen LogP contribution is -2.39. The summed E-state index contributed by atoms with van der Waals surface area (Å²) in [6, 6.07) is 18.5. The standard InChI is InChI=1S/C23H30N2O2/c1-25(21-12-6-3-7-13-21)18-23(26)24-20-11-8-14-22(17-20)27-16-15-19-9-4-2-5-10-19/h2,4-5,8-11,14,17,21H,3,6-7,12-13,15-16,18H2,1H3,(H,24,26). The Morgan fingerprint density at radius 1 is 1.07 bits per heavy atom. The monoisotopic (exact) mass is 366 g/mol. The molecule has 0 aliphatic heterocycles. The zero-order chi connectivity index (χ0) is 18.9. The van der Waals surface area contributed by atoms with Gasteiger partial charge in [0.25, 0.3) is 0 Å². The number of ether oxygens (including phenoxy) is 1. The summed E-state index contributed by atoms with van der Waals surface area (Å²) in [4.78, 5) is 14.6. The molecule has 1 saturated carbocycles. The van der Waals surface area contributed by atoms with E-state index >= 15 is 0 Å².